The van der Waals surface area contributed by atoms with Crippen molar-refractivity contribution in [3.8, 4) is 0 Å². The SMILES string of the molecule is CC(CCNC(=O)Cc1csc(NS(C)(=O)=O)n1)C(=O)O. The van der Waals surface area contributed by atoms with E-state index in [1.54, 1.807) is 12.3 Å². The molecule has 21 heavy (non-hydrogen) atoms. The van der Waals surface area contributed by atoms with Crippen LogP contribution in [0.1, 0.15) is 19.0 Å². The van der Waals surface area contributed by atoms with Crippen LogP contribution in [-0.4, -0.2) is 43.2 Å². The number of carboxylic acid groups (broad SMARTS) is 1. The Morgan fingerprint density at radius 2 is 2.14 bits per heavy atom. The summed E-state index contributed by atoms with van der Waals surface area (Å²) in [5.41, 5.74) is 0.454. The van der Waals surface area contributed by atoms with E-state index in [0.29, 0.717) is 12.1 Å². The molecular weight excluding hydrogens is 318 g/mol. The lowest BCUT2D eigenvalue weighted by atomic mass is 10.1. The van der Waals surface area contributed by atoms with Crippen molar-refractivity contribution in [3.05, 3.63) is 11.1 Å². The predicted octanol–water partition coefficient (Wildman–Crippen LogP) is 0.284. The number of hydrogen-bond acceptors (Lipinski definition) is 6. The molecule has 0 saturated heterocycles. The standard InChI is InChI=1S/C11H17N3O5S2/c1-7(10(16)17)3-4-12-9(15)5-8-6-20-11(13-8)14-21(2,18)19/h6-7H,3-5H2,1-2H3,(H,12,15)(H,13,14)(H,16,17). The molecule has 0 aliphatic carbocycles. The van der Waals surface area contributed by atoms with E-state index in [2.05, 4.69) is 15.0 Å². The van der Waals surface area contributed by atoms with Gasteiger partial charge in [-0.1, -0.05) is 6.92 Å². The minimum Gasteiger partial charge on any atom is -0.481 e. The first-order valence-electron chi connectivity index (χ1n) is 6.09. The third-order valence-electron chi connectivity index (χ3n) is 2.49. The number of aliphatic carboxylic acids is 1. The second-order valence-electron chi connectivity index (χ2n) is 4.57. The molecule has 1 aromatic heterocycles. The number of sulfonamides is 1. The Kier molecular flexibility index (Phi) is 6.09. The number of carboxylic acids is 1. The molecule has 1 atom stereocenters. The molecule has 0 aromatic carbocycles. The Balaban J connectivity index is 2.40. The second-order valence-corrected chi connectivity index (χ2v) is 7.18. The molecule has 0 radical (unpaired) electrons. The lowest BCUT2D eigenvalue weighted by Gasteiger charge is -2.07. The zero-order valence-corrected chi connectivity index (χ0v) is 13.3. The molecule has 1 unspecified atom stereocenters. The monoisotopic (exact) mass is 335 g/mol. The summed E-state index contributed by atoms with van der Waals surface area (Å²) in [5, 5.41) is 13.1. The number of nitrogens with one attached hydrogen (secondary N) is 2. The predicted molar refractivity (Wildman–Crippen MR) is 78.7 cm³/mol. The molecule has 3 N–H and O–H groups in total. The molecule has 1 rings (SSSR count). The third-order valence-corrected chi connectivity index (χ3v) is 3.99. The highest BCUT2D eigenvalue weighted by Crippen LogP contribution is 2.16. The van der Waals surface area contributed by atoms with E-state index in [9.17, 15) is 18.0 Å². The normalized spacial score (nSPS) is 12.7. The van der Waals surface area contributed by atoms with Crippen LogP contribution in [0.2, 0.25) is 0 Å². The fourth-order valence-corrected chi connectivity index (χ4v) is 2.94. The second kappa shape index (κ2) is 7.36. The van der Waals surface area contributed by atoms with Gasteiger partial charge in [-0.05, 0) is 6.42 Å². The van der Waals surface area contributed by atoms with Gasteiger partial charge in [-0.15, -0.1) is 11.3 Å². The van der Waals surface area contributed by atoms with Crippen LogP contribution in [0.5, 0.6) is 0 Å². The van der Waals surface area contributed by atoms with Gasteiger partial charge in [0.15, 0.2) is 5.13 Å². The average molecular weight is 335 g/mol. The van der Waals surface area contributed by atoms with Gasteiger partial charge in [0.2, 0.25) is 15.9 Å². The highest BCUT2D eigenvalue weighted by Gasteiger charge is 2.12. The van der Waals surface area contributed by atoms with E-state index in [4.69, 9.17) is 5.11 Å². The molecule has 10 heteroatoms. The molecule has 1 aromatic rings. The Bertz CT molecular complexity index is 611. The van der Waals surface area contributed by atoms with E-state index in [0.717, 1.165) is 17.6 Å². The number of carbonyl (C=O) groups is 2. The number of anilines is 1. The first-order valence-corrected chi connectivity index (χ1v) is 8.86. The van der Waals surface area contributed by atoms with Gasteiger partial charge in [-0.2, -0.15) is 0 Å². The Morgan fingerprint density at radius 1 is 1.48 bits per heavy atom. The van der Waals surface area contributed by atoms with Crippen LogP contribution in [0, 0.1) is 5.92 Å². The molecule has 0 spiro atoms. The number of carbonyl (C=O) groups excluding carboxylic acids is 1. The van der Waals surface area contributed by atoms with Gasteiger partial charge in [0.05, 0.1) is 24.3 Å². The molecule has 8 nitrogen and oxygen atoms in total. The van der Waals surface area contributed by atoms with Crippen molar-refractivity contribution < 1.29 is 23.1 Å². The third kappa shape index (κ3) is 7.04. The van der Waals surface area contributed by atoms with Crippen molar-refractivity contribution in [3.63, 3.8) is 0 Å². The lowest BCUT2D eigenvalue weighted by molar-refractivity contribution is -0.141. The summed E-state index contributed by atoms with van der Waals surface area (Å²) in [5.74, 6) is -1.71. The maximum absolute atomic E-state index is 11.6. The largest absolute Gasteiger partial charge is 0.481 e. The van der Waals surface area contributed by atoms with Gasteiger partial charge >= 0.3 is 5.97 Å². The molecule has 0 bridgehead atoms. The fourth-order valence-electron chi connectivity index (χ4n) is 1.37. The number of aromatic nitrogens is 1. The summed E-state index contributed by atoms with van der Waals surface area (Å²) in [6, 6.07) is 0. The molecule has 0 fully saturated rings. The lowest BCUT2D eigenvalue weighted by Crippen LogP contribution is -2.28. The summed E-state index contributed by atoms with van der Waals surface area (Å²) in [6.07, 6.45) is 1.38. The van der Waals surface area contributed by atoms with Gasteiger partial charge in [-0.25, -0.2) is 13.4 Å². The van der Waals surface area contributed by atoms with Gasteiger partial charge in [-0.3, -0.25) is 14.3 Å². The zero-order valence-electron chi connectivity index (χ0n) is 11.6. The van der Waals surface area contributed by atoms with Crippen LogP contribution in [-0.2, 0) is 26.0 Å². The van der Waals surface area contributed by atoms with E-state index in [-0.39, 0.29) is 24.0 Å². The van der Waals surface area contributed by atoms with E-state index in [1.807, 2.05) is 0 Å². The van der Waals surface area contributed by atoms with Crippen LogP contribution in [0.4, 0.5) is 5.13 Å². The number of nitrogens with zero attached hydrogens (tertiary/aromatic N) is 1. The molecule has 0 aliphatic rings. The first kappa shape index (κ1) is 17.4. The van der Waals surface area contributed by atoms with Gasteiger partial charge < -0.3 is 10.4 Å². The van der Waals surface area contributed by atoms with Crippen LogP contribution < -0.4 is 10.0 Å². The van der Waals surface area contributed by atoms with Crippen LogP contribution in [0.15, 0.2) is 5.38 Å². The molecule has 118 valence electrons. The quantitative estimate of drug-likeness (QED) is 0.627. The molecular formula is C11H17N3O5S2. The van der Waals surface area contributed by atoms with Gasteiger partial charge in [0.1, 0.15) is 0 Å². The average Bonchev–Trinajstić information content (AvgIpc) is 2.73. The van der Waals surface area contributed by atoms with Gasteiger partial charge in [0, 0.05) is 11.9 Å². The van der Waals surface area contributed by atoms with E-state index >= 15 is 0 Å². The van der Waals surface area contributed by atoms with Crippen molar-refractivity contribution in [2.75, 3.05) is 17.5 Å². The number of rotatable bonds is 8. The smallest absolute Gasteiger partial charge is 0.306 e. The van der Waals surface area contributed by atoms with Crippen LogP contribution in [0.3, 0.4) is 0 Å². The maximum Gasteiger partial charge on any atom is 0.306 e. The Labute approximate surface area is 126 Å². The number of thiazole rings is 1. The van der Waals surface area contributed by atoms with Crippen molar-refractivity contribution in [1.29, 1.82) is 0 Å². The van der Waals surface area contributed by atoms with Crippen molar-refractivity contribution >= 4 is 38.4 Å². The number of amides is 1. The zero-order chi connectivity index (χ0) is 16.0. The Hall–Kier alpha value is -1.68. The van der Waals surface area contributed by atoms with Crippen molar-refractivity contribution in [2.45, 2.75) is 19.8 Å². The highest BCUT2D eigenvalue weighted by molar-refractivity contribution is 7.92. The Morgan fingerprint density at radius 3 is 2.71 bits per heavy atom. The summed E-state index contributed by atoms with van der Waals surface area (Å²) in [4.78, 5) is 26.2. The van der Waals surface area contributed by atoms with Crippen molar-refractivity contribution in [1.82, 2.24) is 10.3 Å². The first-order chi connectivity index (χ1) is 9.67. The maximum atomic E-state index is 11.6. The van der Waals surface area contributed by atoms with E-state index in [1.165, 1.54) is 0 Å². The molecule has 0 aliphatic heterocycles. The summed E-state index contributed by atoms with van der Waals surface area (Å²) in [6.45, 7) is 1.84. The topological polar surface area (TPSA) is 125 Å². The van der Waals surface area contributed by atoms with Crippen LogP contribution in [0.25, 0.3) is 0 Å². The van der Waals surface area contributed by atoms with Crippen LogP contribution >= 0.6 is 11.3 Å². The summed E-state index contributed by atoms with van der Waals surface area (Å²) >= 11 is 1.09. The van der Waals surface area contributed by atoms with Crippen molar-refractivity contribution in [2.24, 2.45) is 5.92 Å². The van der Waals surface area contributed by atoms with E-state index < -0.39 is 21.9 Å². The summed E-state index contributed by atoms with van der Waals surface area (Å²) in [7, 11) is -3.38. The molecule has 1 heterocycles. The molecule has 1 amide bonds. The summed E-state index contributed by atoms with van der Waals surface area (Å²) < 4.78 is 24.3. The van der Waals surface area contributed by atoms with Gasteiger partial charge in [0.25, 0.3) is 0 Å². The minimum absolute atomic E-state index is 0.0173. The molecule has 0 saturated carbocycles. The fraction of sp³-hybridized carbons (Fsp3) is 0.545. The highest BCUT2D eigenvalue weighted by atomic mass is 32.2. The number of hydrogen-bond donors (Lipinski definition) is 3. The minimum atomic E-state index is -3.38.